The maximum Gasteiger partial charge on any atom is 0.154 e. The van der Waals surface area contributed by atoms with E-state index in [0.29, 0.717) is 29.3 Å². The third kappa shape index (κ3) is 27.0. The number of hydrogen-bond donors (Lipinski definition) is 0. The highest BCUT2D eigenvalue weighted by molar-refractivity contribution is 5.24. The molecule has 0 aromatic heterocycles. The summed E-state index contributed by atoms with van der Waals surface area (Å²) in [6.45, 7) is 32.1. The van der Waals surface area contributed by atoms with E-state index in [9.17, 15) is 13.2 Å². The Bertz CT molecular complexity index is 1330. The van der Waals surface area contributed by atoms with E-state index in [1.807, 2.05) is 19.9 Å². The fourth-order valence-electron chi connectivity index (χ4n) is 6.26. The van der Waals surface area contributed by atoms with E-state index < -0.39 is 11.6 Å². The molecule has 59 heavy (non-hydrogen) atoms. The normalized spacial score (nSPS) is 26.0. The molecule has 0 amide bonds. The Balaban J connectivity index is 0.000000345. The van der Waals surface area contributed by atoms with Crippen LogP contribution in [0.25, 0.3) is 0 Å². The van der Waals surface area contributed by atoms with Gasteiger partial charge in [0.1, 0.15) is 17.5 Å². The van der Waals surface area contributed by atoms with Gasteiger partial charge in [0, 0.05) is 24.7 Å². The average molecular weight is 829 g/mol. The van der Waals surface area contributed by atoms with Gasteiger partial charge in [-0.3, -0.25) is 0 Å². The molecule has 7 rings (SSSR count). The smallest absolute Gasteiger partial charge is 0.154 e. The van der Waals surface area contributed by atoms with Crippen LogP contribution < -0.4 is 0 Å². The second-order valence-electron chi connectivity index (χ2n) is 18.1. The average Bonchev–Trinajstić information content (AvgIpc) is 3.19. The lowest BCUT2D eigenvalue weighted by atomic mass is 9.84. The summed E-state index contributed by atoms with van der Waals surface area (Å²) < 4.78 is 58.9. The Kier molecular flexibility index (Phi) is 27.9. The zero-order valence-corrected chi connectivity index (χ0v) is 39.6. The van der Waals surface area contributed by atoms with Gasteiger partial charge in [-0.1, -0.05) is 108 Å². The maximum absolute atomic E-state index is 12.6. The fourth-order valence-corrected chi connectivity index (χ4v) is 6.26. The van der Waals surface area contributed by atoms with Crippen molar-refractivity contribution in [1.29, 1.82) is 0 Å². The summed E-state index contributed by atoms with van der Waals surface area (Å²) in [5.41, 5.74) is 5.04. The van der Waals surface area contributed by atoms with E-state index in [4.69, 9.17) is 18.9 Å². The Morgan fingerprint density at radius 3 is 1.02 bits per heavy atom. The second-order valence-corrected chi connectivity index (χ2v) is 18.1. The van der Waals surface area contributed by atoms with Gasteiger partial charge in [0.15, 0.2) is 6.29 Å². The molecule has 0 spiro atoms. The molecular weight excluding hydrogens is 746 g/mol. The van der Waals surface area contributed by atoms with Crippen LogP contribution in [-0.4, -0.2) is 44.9 Å². The first-order valence-electron chi connectivity index (χ1n) is 22.4. The highest BCUT2D eigenvalue weighted by Crippen LogP contribution is 2.27. The summed E-state index contributed by atoms with van der Waals surface area (Å²) in [6, 6.07) is 16.3. The van der Waals surface area contributed by atoms with Crippen LogP contribution in [0.3, 0.4) is 0 Å². The molecule has 4 atom stereocenters. The largest absolute Gasteiger partial charge is 0.378 e. The molecule has 4 nitrogen and oxygen atoms in total. The molecule has 0 radical (unpaired) electrons. The quantitative estimate of drug-likeness (QED) is 0.226. The fraction of sp³-hybridized carbons (Fsp3) is 0.654. The number of halogens is 3. The van der Waals surface area contributed by atoms with Gasteiger partial charge in [-0.05, 0) is 147 Å². The van der Waals surface area contributed by atoms with E-state index >= 15 is 0 Å². The minimum atomic E-state index is -0.475. The first-order valence-corrected chi connectivity index (χ1v) is 22.4. The Hall–Kier alpha value is -2.71. The van der Waals surface area contributed by atoms with Crippen LogP contribution in [0, 0.1) is 88.6 Å². The maximum atomic E-state index is 12.6. The van der Waals surface area contributed by atoms with Crippen molar-refractivity contribution in [1.82, 2.24) is 0 Å². The third-order valence-electron chi connectivity index (χ3n) is 11.0. The van der Waals surface area contributed by atoms with Crippen molar-refractivity contribution in [3.05, 3.63) is 105 Å². The lowest BCUT2D eigenvalue weighted by Gasteiger charge is -2.24. The molecule has 4 unspecified atom stereocenters. The van der Waals surface area contributed by atoms with Crippen molar-refractivity contribution < 1.29 is 32.1 Å². The minimum absolute atomic E-state index is 0.0196. The summed E-state index contributed by atoms with van der Waals surface area (Å²) in [5, 5.41) is 0. The van der Waals surface area contributed by atoms with Gasteiger partial charge >= 0.3 is 0 Å². The molecule has 3 aliphatic heterocycles. The number of ether oxygens (including phenoxy) is 4. The van der Waals surface area contributed by atoms with Crippen LogP contribution in [-0.2, 0) is 18.9 Å². The summed E-state index contributed by atoms with van der Waals surface area (Å²) in [6.07, 6.45) is 12.2. The zero-order chi connectivity index (χ0) is 44.5. The van der Waals surface area contributed by atoms with E-state index in [1.165, 1.54) is 87.6 Å². The van der Waals surface area contributed by atoms with Crippen molar-refractivity contribution in [3.63, 3.8) is 0 Å². The predicted octanol–water partition coefficient (Wildman–Crippen LogP) is 14.8. The molecule has 3 aromatic rings. The van der Waals surface area contributed by atoms with Crippen molar-refractivity contribution in [2.45, 2.75) is 167 Å². The minimum Gasteiger partial charge on any atom is -0.378 e. The van der Waals surface area contributed by atoms with Crippen molar-refractivity contribution in [3.8, 4) is 0 Å². The van der Waals surface area contributed by atoms with Crippen molar-refractivity contribution in [2.24, 2.45) is 29.6 Å². The van der Waals surface area contributed by atoms with Gasteiger partial charge in [-0.25, -0.2) is 13.2 Å². The molecule has 0 N–H and O–H groups in total. The van der Waals surface area contributed by atoms with E-state index in [2.05, 4.69) is 86.6 Å². The lowest BCUT2D eigenvalue weighted by molar-refractivity contribution is -0.187. The summed E-state index contributed by atoms with van der Waals surface area (Å²) in [7, 11) is 0. The molecule has 1 saturated carbocycles. The monoisotopic (exact) mass is 829 g/mol. The van der Waals surface area contributed by atoms with Crippen LogP contribution in [0.4, 0.5) is 13.2 Å². The molecule has 1 aliphatic carbocycles. The van der Waals surface area contributed by atoms with E-state index in [1.54, 1.807) is 19.9 Å². The zero-order valence-electron chi connectivity index (χ0n) is 39.6. The standard InChI is InChI=1S/C8H8F2.C8H9F.C8H16.C8H10.2C7H14O.C6H12O2/c1-5-3-7(9)6(2)8(10)4-5;1-6-3-4-7(2)8(9)5-6;2*1-7-3-5-8(2)6-4-7;2*1-6-3-4-7(2)8-5-6;1-5-3-7-6(2)8-4-5/h3-4H,1-2H3;3-5H,1-2H3;7-8H,3-6H2,1-2H3;3-6H,1-2H3;2*6-7H,3-5H2,1-2H3;5-6H,3-4H2,1-2H3. The molecule has 3 aromatic carbocycles. The molecule has 4 fully saturated rings. The van der Waals surface area contributed by atoms with E-state index in [0.717, 1.165) is 55.7 Å². The van der Waals surface area contributed by atoms with E-state index in [-0.39, 0.29) is 17.7 Å². The molecule has 0 bridgehead atoms. The van der Waals surface area contributed by atoms with Crippen LogP contribution in [0.1, 0.15) is 140 Å². The summed E-state index contributed by atoms with van der Waals surface area (Å²) >= 11 is 0. The third-order valence-corrected chi connectivity index (χ3v) is 11.0. The predicted molar refractivity (Wildman–Crippen MR) is 243 cm³/mol. The number of rotatable bonds is 0. The molecule has 3 heterocycles. The van der Waals surface area contributed by atoms with Crippen LogP contribution in [0.15, 0.2) is 54.6 Å². The van der Waals surface area contributed by atoms with Gasteiger partial charge in [-0.15, -0.1) is 0 Å². The van der Waals surface area contributed by atoms with Gasteiger partial charge in [-0.2, -0.15) is 0 Å². The molecular formula is C52H83F3O4. The SMILES string of the molecule is CC1CCC(C)CC1.CC1CCC(C)OC1.CC1CCC(C)OC1.CC1COC(C)OC1.Cc1cc(F)c(C)c(F)c1.Cc1ccc(C)c(F)c1.Cc1ccc(C)cc1. The van der Waals surface area contributed by atoms with Crippen LogP contribution in [0.5, 0.6) is 0 Å². The van der Waals surface area contributed by atoms with Gasteiger partial charge in [0.25, 0.3) is 0 Å². The summed E-state index contributed by atoms with van der Waals surface area (Å²) in [4.78, 5) is 0. The van der Waals surface area contributed by atoms with Crippen LogP contribution in [0.2, 0.25) is 0 Å². The number of hydrogen-bond acceptors (Lipinski definition) is 4. The van der Waals surface area contributed by atoms with Gasteiger partial charge in [0.2, 0.25) is 0 Å². The summed E-state index contributed by atoms with van der Waals surface area (Å²) in [5.74, 6) is 3.14. The Morgan fingerprint density at radius 2 is 0.712 bits per heavy atom. The highest BCUT2D eigenvalue weighted by atomic mass is 19.1. The van der Waals surface area contributed by atoms with Gasteiger partial charge in [0.05, 0.1) is 25.4 Å². The van der Waals surface area contributed by atoms with Crippen molar-refractivity contribution >= 4 is 0 Å². The molecule has 4 aliphatic rings. The molecule has 3 saturated heterocycles. The topological polar surface area (TPSA) is 36.9 Å². The second kappa shape index (κ2) is 30.3. The van der Waals surface area contributed by atoms with Crippen LogP contribution >= 0.6 is 0 Å². The first kappa shape index (κ1) is 54.3. The molecule has 7 heteroatoms. The van der Waals surface area contributed by atoms with Gasteiger partial charge < -0.3 is 18.9 Å². The Labute approximate surface area is 359 Å². The highest BCUT2D eigenvalue weighted by Gasteiger charge is 2.15. The Morgan fingerprint density at radius 1 is 0.373 bits per heavy atom. The number of benzene rings is 3. The van der Waals surface area contributed by atoms with Crippen molar-refractivity contribution in [2.75, 3.05) is 26.4 Å². The number of aryl methyl sites for hydroxylation is 5. The first-order chi connectivity index (χ1) is 27.7. The lowest BCUT2D eigenvalue weighted by Crippen LogP contribution is -2.27. The molecule has 336 valence electrons.